The summed E-state index contributed by atoms with van der Waals surface area (Å²) in [5.41, 5.74) is -0.187. The van der Waals surface area contributed by atoms with Crippen molar-refractivity contribution in [3.05, 3.63) is 28.5 Å². The van der Waals surface area contributed by atoms with Crippen molar-refractivity contribution in [2.75, 3.05) is 19.8 Å². The first-order chi connectivity index (χ1) is 9.34. The van der Waals surface area contributed by atoms with Gasteiger partial charge in [-0.05, 0) is 30.0 Å². The second kappa shape index (κ2) is 7.59. The van der Waals surface area contributed by atoms with E-state index in [0.717, 1.165) is 0 Å². The second-order valence-electron chi connectivity index (χ2n) is 5.28. The Morgan fingerprint density at radius 3 is 2.80 bits per heavy atom. The van der Waals surface area contributed by atoms with Crippen LogP contribution in [0, 0.1) is 11.2 Å². The molecular weight excluding hydrogens is 329 g/mol. The number of aliphatic hydroxyl groups is 1. The fraction of sp³-hybridized carbons (Fsp3) is 0.500. The quantitative estimate of drug-likeness (QED) is 0.796. The molecule has 2 N–H and O–H groups in total. The van der Waals surface area contributed by atoms with E-state index in [-0.39, 0.29) is 30.3 Å². The zero-order valence-electron chi connectivity index (χ0n) is 11.6. The lowest BCUT2D eigenvalue weighted by Gasteiger charge is -2.23. The first-order valence-electron chi connectivity index (χ1n) is 6.29. The molecule has 0 spiro atoms. The highest BCUT2D eigenvalue weighted by Crippen LogP contribution is 2.21. The lowest BCUT2D eigenvalue weighted by Crippen LogP contribution is -2.37. The lowest BCUT2D eigenvalue weighted by atomic mass is 9.90. The maximum Gasteiger partial charge on any atom is 0.257 e. The monoisotopic (exact) mass is 347 g/mol. The van der Waals surface area contributed by atoms with Crippen LogP contribution in [0.3, 0.4) is 0 Å². The third kappa shape index (κ3) is 5.88. The minimum absolute atomic E-state index is 0.0398. The number of benzene rings is 1. The highest BCUT2D eigenvalue weighted by Gasteiger charge is 2.18. The Balaban J connectivity index is 2.40. The summed E-state index contributed by atoms with van der Waals surface area (Å²) in [5, 5.41) is 11.6. The molecule has 0 aromatic heterocycles. The number of hydrogen-bond acceptors (Lipinski definition) is 3. The molecule has 0 fully saturated rings. The molecule has 0 aliphatic carbocycles. The number of aliphatic hydroxyl groups excluding tert-OH is 1. The van der Waals surface area contributed by atoms with Crippen LogP contribution in [0.15, 0.2) is 22.7 Å². The summed E-state index contributed by atoms with van der Waals surface area (Å²) in [7, 11) is 0. The van der Waals surface area contributed by atoms with Crippen LogP contribution in [0.5, 0.6) is 5.75 Å². The minimum atomic E-state index is -0.521. The molecule has 112 valence electrons. The summed E-state index contributed by atoms with van der Waals surface area (Å²) in [6.45, 7) is 4.15. The minimum Gasteiger partial charge on any atom is -0.481 e. The van der Waals surface area contributed by atoms with Gasteiger partial charge in [-0.2, -0.15) is 0 Å². The van der Waals surface area contributed by atoms with Gasteiger partial charge < -0.3 is 15.2 Å². The first-order valence-corrected chi connectivity index (χ1v) is 7.09. The highest BCUT2D eigenvalue weighted by atomic mass is 79.9. The Bertz CT molecular complexity index is 466. The third-order valence-corrected chi connectivity index (χ3v) is 3.30. The van der Waals surface area contributed by atoms with Crippen LogP contribution in [-0.4, -0.2) is 30.8 Å². The van der Waals surface area contributed by atoms with Gasteiger partial charge in [0.1, 0.15) is 0 Å². The predicted molar refractivity (Wildman–Crippen MR) is 78.1 cm³/mol. The smallest absolute Gasteiger partial charge is 0.257 e. The number of nitrogens with one attached hydrogen (secondary N) is 1. The maximum atomic E-state index is 13.5. The van der Waals surface area contributed by atoms with Crippen LogP contribution in [0.25, 0.3) is 0 Å². The summed E-state index contributed by atoms with van der Waals surface area (Å²) in [6.07, 6.45) is 0.593. The molecule has 0 aliphatic rings. The van der Waals surface area contributed by atoms with Gasteiger partial charge in [-0.1, -0.05) is 29.8 Å². The molecule has 6 heteroatoms. The normalized spacial score (nSPS) is 11.2. The lowest BCUT2D eigenvalue weighted by molar-refractivity contribution is -0.123. The van der Waals surface area contributed by atoms with Gasteiger partial charge >= 0.3 is 0 Å². The Hall–Kier alpha value is -1.14. The van der Waals surface area contributed by atoms with Gasteiger partial charge in [0.2, 0.25) is 0 Å². The molecule has 0 atom stereocenters. The predicted octanol–water partition coefficient (Wildman–Crippen LogP) is 2.49. The molecule has 1 rings (SSSR count). The van der Waals surface area contributed by atoms with Crippen LogP contribution in [0.2, 0.25) is 0 Å². The van der Waals surface area contributed by atoms with Gasteiger partial charge in [0.05, 0.1) is 0 Å². The molecule has 20 heavy (non-hydrogen) atoms. The number of amides is 1. The van der Waals surface area contributed by atoms with E-state index in [9.17, 15) is 9.18 Å². The number of carbonyl (C=O) groups is 1. The van der Waals surface area contributed by atoms with Crippen molar-refractivity contribution in [3.8, 4) is 5.75 Å². The van der Waals surface area contributed by atoms with E-state index in [1.165, 1.54) is 12.1 Å². The van der Waals surface area contributed by atoms with E-state index in [1.54, 1.807) is 6.07 Å². The molecule has 0 saturated heterocycles. The molecule has 1 amide bonds. The van der Waals surface area contributed by atoms with Crippen molar-refractivity contribution >= 4 is 21.8 Å². The van der Waals surface area contributed by atoms with Crippen molar-refractivity contribution in [1.29, 1.82) is 0 Å². The van der Waals surface area contributed by atoms with Crippen LogP contribution in [0.4, 0.5) is 4.39 Å². The van der Waals surface area contributed by atoms with E-state index >= 15 is 0 Å². The van der Waals surface area contributed by atoms with Crippen LogP contribution < -0.4 is 10.1 Å². The molecule has 0 radical (unpaired) electrons. The number of halogens is 2. The molecule has 1 aromatic carbocycles. The summed E-state index contributed by atoms with van der Waals surface area (Å²) >= 11 is 3.14. The van der Waals surface area contributed by atoms with Gasteiger partial charge in [0.15, 0.2) is 18.2 Å². The maximum absolute atomic E-state index is 13.5. The van der Waals surface area contributed by atoms with Crippen molar-refractivity contribution in [3.63, 3.8) is 0 Å². The fourth-order valence-electron chi connectivity index (χ4n) is 1.52. The van der Waals surface area contributed by atoms with Crippen LogP contribution in [-0.2, 0) is 4.79 Å². The zero-order chi connectivity index (χ0) is 15.2. The molecule has 1 aromatic rings. The van der Waals surface area contributed by atoms with Crippen molar-refractivity contribution in [2.45, 2.75) is 20.3 Å². The fourth-order valence-corrected chi connectivity index (χ4v) is 1.85. The summed E-state index contributed by atoms with van der Waals surface area (Å²) < 4.78 is 19.2. The van der Waals surface area contributed by atoms with E-state index in [0.29, 0.717) is 17.4 Å². The number of ether oxygens (including phenoxy) is 1. The van der Waals surface area contributed by atoms with Crippen molar-refractivity contribution in [2.24, 2.45) is 5.41 Å². The highest BCUT2D eigenvalue weighted by molar-refractivity contribution is 9.10. The zero-order valence-corrected chi connectivity index (χ0v) is 13.2. The van der Waals surface area contributed by atoms with Gasteiger partial charge in [0.25, 0.3) is 5.91 Å². The SMILES string of the molecule is CC(C)(CCO)CNC(=O)COc1ccc(Br)cc1F. The Kier molecular flexibility index (Phi) is 6.42. The van der Waals surface area contributed by atoms with Crippen molar-refractivity contribution in [1.82, 2.24) is 5.32 Å². The molecule has 0 aliphatic heterocycles. The average molecular weight is 348 g/mol. The molecule has 4 nitrogen and oxygen atoms in total. The Labute approximate surface area is 126 Å². The second-order valence-corrected chi connectivity index (χ2v) is 6.19. The standard InChI is InChI=1S/C14H19BrFNO3/c1-14(2,5-6-18)9-17-13(19)8-20-12-4-3-10(15)7-11(12)16/h3-4,7,18H,5-6,8-9H2,1-2H3,(H,17,19). The topological polar surface area (TPSA) is 58.6 Å². The molecule has 0 bridgehead atoms. The Morgan fingerprint density at radius 1 is 1.50 bits per heavy atom. The van der Waals surface area contributed by atoms with E-state index < -0.39 is 5.82 Å². The number of rotatable bonds is 7. The van der Waals surface area contributed by atoms with Gasteiger partial charge in [-0.3, -0.25) is 4.79 Å². The van der Waals surface area contributed by atoms with Gasteiger partial charge in [-0.25, -0.2) is 4.39 Å². The van der Waals surface area contributed by atoms with Crippen LogP contribution in [0.1, 0.15) is 20.3 Å². The van der Waals surface area contributed by atoms with E-state index in [1.807, 2.05) is 13.8 Å². The first kappa shape index (κ1) is 16.9. The average Bonchev–Trinajstić information content (AvgIpc) is 2.35. The Morgan fingerprint density at radius 2 is 2.20 bits per heavy atom. The van der Waals surface area contributed by atoms with E-state index in [2.05, 4.69) is 21.2 Å². The third-order valence-electron chi connectivity index (χ3n) is 2.81. The van der Waals surface area contributed by atoms with Crippen LogP contribution >= 0.6 is 15.9 Å². The van der Waals surface area contributed by atoms with Gasteiger partial charge in [0, 0.05) is 17.6 Å². The largest absolute Gasteiger partial charge is 0.481 e. The molecule has 0 unspecified atom stereocenters. The number of carbonyl (C=O) groups excluding carboxylic acids is 1. The number of hydrogen-bond donors (Lipinski definition) is 2. The summed E-state index contributed by atoms with van der Waals surface area (Å²) in [6, 6.07) is 4.38. The molecule has 0 heterocycles. The summed E-state index contributed by atoms with van der Waals surface area (Å²) in [4.78, 5) is 11.6. The molecular formula is C14H19BrFNO3. The van der Waals surface area contributed by atoms with Gasteiger partial charge in [-0.15, -0.1) is 0 Å². The summed E-state index contributed by atoms with van der Waals surface area (Å²) in [5.74, 6) is -0.802. The van der Waals surface area contributed by atoms with Crippen molar-refractivity contribution < 1.29 is 19.0 Å². The molecule has 0 saturated carbocycles. The van der Waals surface area contributed by atoms with E-state index in [4.69, 9.17) is 9.84 Å².